The van der Waals surface area contributed by atoms with Gasteiger partial charge in [0.05, 0.1) is 0 Å². The van der Waals surface area contributed by atoms with Crippen molar-refractivity contribution in [1.29, 1.82) is 0 Å². The number of hydrogen-bond acceptors (Lipinski definition) is 1. The Morgan fingerprint density at radius 1 is 1.00 bits per heavy atom. The summed E-state index contributed by atoms with van der Waals surface area (Å²) in [5.41, 5.74) is 0. The van der Waals surface area contributed by atoms with Gasteiger partial charge in [0.2, 0.25) is 5.91 Å². The number of hydrogen-bond donors (Lipinski definition) is 1. The summed E-state index contributed by atoms with van der Waals surface area (Å²) in [6, 6.07) is 0. The van der Waals surface area contributed by atoms with Gasteiger partial charge in [-0.2, -0.15) is 0 Å². The average Bonchev–Trinajstić information content (AvgIpc) is 2.66. The lowest BCUT2D eigenvalue weighted by atomic mass is 10.4. The highest BCUT2D eigenvalue weighted by Gasteiger charge is 2.05. The molecule has 1 heterocycles. The van der Waals surface area contributed by atoms with Crippen LogP contribution in [0.5, 0.6) is 0 Å². The molecule has 2 heteroatoms. The van der Waals surface area contributed by atoms with Crippen LogP contribution in [0, 0.1) is 0 Å². The second-order valence-corrected chi connectivity index (χ2v) is 1.45. The second kappa shape index (κ2) is 22.6. The third kappa shape index (κ3) is 15.9. The Morgan fingerprint density at radius 2 is 1.42 bits per heavy atom. The minimum Gasteiger partial charge on any atom is -0.356 e. The summed E-state index contributed by atoms with van der Waals surface area (Å²) in [5.74, 6) is 0.204. The van der Waals surface area contributed by atoms with Crippen LogP contribution < -0.4 is 5.32 Å². The van der Waals surface area contributed by atoms with E-state index in [1.165, 1.54) is 0 Å². The lowest BCUT2D eigenvalue weighted by Gasteiger charge is -1.80. The van der Waals surface area contributed by atoms with Gasteiger partial charge in [-0.1, -0.05) is 0 Å². The van der Waals surface area contributed by atoms with Crippen LogP contribution in [0.25, 0.3) is 0 Å². The fraction of sp³-hybridized carbons (Fsp3) is 0.300. The molecule has 1 fully saturated rings. The van der Waals surface area contributed by atoms with Gasteiger partial charge in [0.1, 0.15) is 0 Å². The monoisotopic (exact) mass is 169 g/mol. The predicted molar refractivity (Wildman–Crippen MR) is 56.0 cm³/mol. The summed E-state index contributed by atoms with van der Waals surface area (Å²) >= 11 is 0. The minimum absolute atomic E-state index is 0.204. The van der Waals surface area contributed by atoms with Crippen molar-refractivity contribution in [1.82, 2.24) is 5.32 Å². The molecular weight excluding hydrogens is 150 g/mol. The van der Waals surface area contributed by atoms with Crippen LogP contribution in [0.1, 0.15) is 12.8 Å². The van der Waals surface area contributed by atoms with Crippen LogP contribution in [-0.4, -0.2) is 12.5 Å². The first kappa shape index (κ1) is 17.0. The number of rotatable bonds is 0. The maximum atomic E-state index is 10.1. The average molecular weight is 169 g/mol. The molecule has 70 valence electrons. The van der Waals surface area contributed by atoms with Crippen LogP contribution in [0.2, 0.25) is 0 Å². The van der Waals surface area contributed by atoms with E-state index in [1.807, 2.05) is 0 Å². The van der Waals surface area contributed by atoms with Gasteiger partial charge in [0, 0.05) is 13.0 Å². The third-order valence-electron chi connectivity index (χ3n) is 0.903. The molecule has 1 amide bonds. The lowest BCUT2D eigenvalue weighted by Crippen LogP contribution is -2.12. The van der Waals surface area contributed by atoms with E-state index in [4.69, 9.17) is 0 Å². The van der Waals surface area contributed by atoms with Crippen molar-refractivity contribution in [2.24, 2.45) is 0 Å². The molecule has 0 aromatic rings. The summed E-state index contributed by atoms with van der Waals surface area (Å²) in [5, 5.41) is 2.68. The maximum absolute atomic E-state index is 10.1. The van der Waals surface area contributed by atoms with Gasteiger partial charge in [-0.3, -0.25) is 4.79 Å². The first-order valence-electron chi connectivity index (χ1n) is 3.66. The smallest absolute Gasteiger partial charge is 0.220 e. The van der Waals surface area contributed by atoms with Crippen LogP contribution in [0.15, 0.2) is 39.5 Å². The van der Waals surface area contributed by atoms with Crippen molar-refractivity contribution in [3.63, 3.8) is 0 Å². The summed E-state index contributed by atoms with van der Waals surface area (Å²) in [7, 11) is 0. The molecule has 1 saturated heterocycles. The van der Waals surface area contributed by atoms with Gasteiger partial charge in [-0.15, -0.1) is 39.5 Å². The van der Waals surface area contributed by atoms with Crippen molar-refractivity contribution in [3.05, 3.63) is 39.5 Å². The van der Waals surface area contributed by atoms with Gasteiger partial charge < -0.3 is 5.32 Å². The zero-order chi connectivity index (χ0) is 10.4. The minimum atomic E-state index is 0.204. The third-order valence-corrected chi connectivity index (χ3v) is 0.903. The molecule has 1 aliphatic rings. The van der Waals surface area contributed by atoms with Crippen LogP contribution in [0.4, 0.5) is 0 Å². The first-order valence-corrected chi connectivity index (χ1v) is 3.66. The van der Waals surface area contributed by atoms with E-state index in [1.54, 1.807) is 0 Å². The van der Waals surface area contributed by atoms with E-state index in [0.717, 1.165) is 19.4 Å². The first-order chi connectivity index (χ1) is 5.89. The highest BCUT2D eigenvalue weighted by molar-refractivity contribution is 5.77. The van der Waals surface area contributed by atoms with Crippen molar-refractivity contribution in [2.75, 3.05) is 6.54 Å². The molecule has 12 heavy (non-hydrogen) atoms. The molecule has 0 aromatic carbocycles. The van der Waals surface area contributed by atoms with Crippen LogP contribution in [-0.2, 0) is 4.79 Å². The summed E-state index contributed by atoms with van der Waals surface area (Å²) in [6.45, 7) is 18.9. The van der Waals surface area contributed by atoms with Crippen LogP contribution in [0.3, 0.4) is 0 Å². The summed E-state index contributed by atoms with van der Waals surface area (Å²) in [4.78, 5) is 10.1. The van der Waals surface area contributed by atoms with Crippen molar-refractivity contribution in [2.45, 2.75) is 12.8 Å². The Morgan fingerprint density at radius 3 is 1.50 bits per heavy atom. The zero-order valence-electron chi connectivity index (χ0n) is 7.77. The SMILES string of the molecule is C=C.C=C.C=C.O=C1CCCN1. The Kier molecular flexibility index (Phi) is 32.0. The molecule has 1 aliphatic heterocycles. The summed E-state index contributed by atoms with van der Waals surface area (Å²) < 4.78 is 0. The van der Waals surface area contributed by atoms with Crippen LogP contribution >= 0.6 is 0 Å². The second-order valence-electron chi connectivity index (χ2n) is 1.45. The lowest BCUT2D eigenvalue weighted by molar-refractivity contribution is -0.119. The largest absolute Gasteiger partial charge is 0.356 e. The van der Waals surface area contributed by atoms with Gasteiger partial charge in [-0.05, 0) is 6.42 Å². The Hall–Kier alpha value is -1.31. The van der Waals surface area contributed by atoms with E-state index in [2.05, 4.69) is 44.8 Å². The molecule has 2 nitrogen and oxygen atoms in total. The molecule has 0 spiro atoms. The molecule has 0 aliphatic carbocycles. The Bertz CT molecular complexity index is 89.3. The fourth-order valence-electron chi connectivity index (χ4n) is 0.565. The van der Waals surface area contributed by atoms with E-state index in [9.17, 15) is 4.79 Å². The highest BCUT2D eigenvalue weighted by atomic mass is 16.1. The van der Waals surface area contributed by atoms with Crippen molar-refractivity contribution in [3.8, 4) is 0 Å². The molecule has 0 aromatic heterocycles. The fourth-order valence-corrected chi connectivity index (χ4v) is 0.565. The molecule has 0 unspecified atom stereocenters. The molecule has 0 bridgehead atoms. The zero-order valence-corrected chi connectivity index (χ0v) is 7.77. The molecular formula is C10H19NO. The molecule has 0 radical (unpaired) electrons. The topological polar surface area (TPSA) is 29.1 Å². The van der Waals surface area contributed by atoms with E-state index < -0.39 is 0 Å². The highest BCUT2D eigenvalue weighted by Crippen LogP contribution is 1.93. The number of carbonyl (C=O) groups is 1. The molecule has 1 rings (SSSR count). The number of carbonyl (C=O) groups excluding carboxylic acids is 1. The van der Waals surface area contributed by atoms with Gasteiger partial charge in [-0.25, -0.2) is 0 Å². The molecule has 0 saturated carbocycles. The molecule has 1 N–H and O–H groups in total. The maximum Gasteiger partial charge on any atom is 0.220 e. The summed E-state index contributed by atoms with van der Waals surface area (Å²) in [6.07, 6.45) is 1.76. The van der Waals surface area contributed by atoms with Crippen molar-refractivity contribution < 1.29 is 4.79 Å². The normalized spacial score (nSPS) is 11.5. The molecule has 0 atom stereocenters. The van der Waals surface area contributed by atoms with Gasteiger partial charge >= 0.3 is 0 Å². The quantitative estimate of drug-likeness (QED) is 0.554. The number of amides is 1. The van der Waals surface area contributed by atoms with E-state index in [0.29, 0.717) is 0 Å². The van der Waals surface area contributed by atoms with Crippen molar-refractivity contribution >= 4 is 5.91 Å². The predicted octanol–water partition coefficient (Wildman–Crippen LogP) is 2.30. The standard InChI is InChI=1S/C4H7NO.3C2H4/c6-4-2-1-3-5-4;3*1-2/h1-3H2,(H,5,6);3*1-2H2. The van der Waals surface area contributed by atoms with E-state index in [-0.39, 0.29) is 5.91 Å². The van der Waals surface area contributed by atoms with Gasteiger partial charge in [0.15, 0.2) is 0 Å². The Labute approximate surface area is 75.7 Å². The number of nitrogens with one attached hydrogen (secondary N) is 1. The van der Waals surface area contributed by atoms with Gasteiger partial charge in [0.25, 0.3) is 0 Å². The Balaban J connectivity index is -0.000000117. The van der Waals surface area contributed by atoms with E-state index >= 15 is 0 Å².